The van der Waals surface area contributed by atoms with Crippen molar-refractivity contribution in [2.24, 2.45) is 4.99 Å². The molecule has 2 rings (SSSR count). The molecule has 0 bridgehead atoms. The summed E-state index contributed by atoms with van der Waals surface area (Å²) in [6.07, 6.45) is 5.24. The summed E-state index contributed by atoms with van der Waals surface area (Å²) in [6.45, 7) is 1.95. The Morgan fingerprint density at radius 2 is 2.39 bits per heavy atom. The van der Waals surface area contributed by atoms with Crippen LogP contribution >= 0.6 is 0 Å². The summed E-state index contributed by atoms with van der Waals surface area (Å²) in [4.78, 5) is 17.2. The number of esters is 1. The van der Waals surface area contributed by atoms with E-state index < -0.39 is 12.2 Å². The van der Waals surface area contributed by atoms with Crippen LogP contribution in [0.1, 0.15) is 6.92 Å². The zero-order valence-electron chi connectivity index (χ0n) is 10.2. The Bertz CT molecular complexity index is 476. The van der Waals surface area contributed by atoms with Gasteiger partial charge in [-0.2, -0.15) is 0 Å². The van der Waals surface area contributed by atoms with Gasteiger partial charge in [-0.25, -0.2) is 9.79 Å². The molecular formula is C12H14N2O4. The number of hydrogen-bond donors (Lipinski definition) is 1. The van der Waals surface area contributed by atoms with Gasteiger partial charge in [0.2, 0.25) is 0 Å². The van der Waals surface area contributed by atoms with E-state index in [4.69, 9.17) is 9.47 Å². The Hall–Kier alpha value is -2.08. The molecule has 6 nitrogen and oxygen atoms in total. The van der Waals surface area contributed by atoms with Crippen molar-refractivity contribution < 1.29 is 19.4 Å². The smallest absolute Gasteiger partial charge is 0.340 e. The molecule has 0 spiro atoms. The molecule has 0 fully saturated rings. The average molecular weight is 250 g/mol. The number of aliphatic hydroxyl groups is 1. The van der Waals surface area contributed by atoms with E-state index >= 15 is 0 Å². The van der Waals surface area contributed by atoms with Crippen LogP contribution in [0.15, 0.2) is 40.9 Å². The van der Waals surface area contributed by atoms with Crippen molar-refractivity contribution in [1.82, 2.24) is 4.90 Å². The van der Waals surface area contributed by atoms with Gasteiger partial charge < -0.3 is 14.6 Å². The van der Waals surface area contributed by atoms with Gasteiger partial charge in [0.05, 0.1) is 13.7 Å². The molecule has 0 radical (unpaired) electrons. The molecule has 2 aliphatic heterocycles. The van der Waals surface area contributed by atoms with Gasteiger partial charge in [-0.3, -0.25) is 4.90 Å². The zero-order valence-corrected chi connectivity index (χ0v) is 10.2. The van der Waals surface area contributed by atoms with Gasteiger partial charge >= 0.3 is 5.97 Å². The number of amidine groups is 1. The van der Waals surface area contributed by atoms with Crippen LogP contribution in [0, 0.1) is 0 Å². The van der Waals surface area contributed by atoms with Crippen molar-refractivity contribution in [2.45, 2.75) is 13.2 Å². The molecule has 6 heteroatoms. The summed E-state index contributed by atoms with van der Waals surface area (Å²) in [6, 6.07) is 0. The minimum Gasteiger partial charge on any atom is -0.493 e. The van der Waals surface area contributed by atoms with Gasteiger partial charge in [0, 0.05) is 12.4 Å². The molecule has 0 aromatic rings. The summed E-state index contributed by atoms with van der Waals surface area (Å²) in [5.74, 6) is 0.408. The number of rotatable bonds is 3. The minimum atomic E-state index is -1.12. The third-order valence-electron chi connectivity index (χ3n) is 2.56. The highest BCUT2D eigenvalue weighted by Gasteiger charge is 2.33. The lowest BCUT2D eigenvalue weighted by Gasteiger charge is -2.32. The van der Waals surface area contributed by atoms with Crippen molar-refractivity contribution in [3.63, 3.8) is 0 Å². The van der Waals surface area contributed by atoms with E-state index in [1.807, 2.05) is 0 Å². The lowest BCUT2D eigenvalue weighted by molar-refractivity contribution is -0.140. The van der Waals surface area contributed by atoms with Crippen LogP contribution in [0.3, 0.4) is 0 Å². The summed E-state index contributed by atoms with van der Waals surface area (Å²) in [5.41, 5.74) is 0.0996. The number of carbonyl (C=O) groups is 1. The first-order valence-electron chi connectivity index (χ1n) is 5.53. The number of methoxy groups -OCH3 is 1. The van der Waals surface area contributed by atoms with Gasteiger partial charge in [0.1, 0.15) is 5.57 Å². The molecule has 2 heterocycles. The zero-order chi connectivity index (χ0) is 13.1. The first kappa shape index (κ1) is 12.4. The molecular weight excluding hydrogens is 236 g/mol. The molecule has 0 aliphatic carbocycles. The number of nitrogens with zero attached hydrogens (tertiary/aromatic N) is 2. The number of fused-ring (bicyclic) bond motifs is 1. The highest BCUT2D eigenvalue weighted by atomic mass is 16.5. The summed E-state index contributed by atoms with van der Waals surface area (Å²) in [7, 11) is 1.52. The molecule has 96 valence electrons. The first-order chi connectivity index (χ1) is 8.69. The maximum absolute atomic E-state index is 11.6. The van der Waals surface area contributed by atoms with E-state index in [0.29, 0.717) is 11.6 Å². The van der Waals surface area contributed by atoms with E-state index in [9.17, 15) is 9.90 Å². The van der Waals surface area contributed by atoms with Gasteiger partial charge in [0.25, 0.3) is 0 Å². The van der Waals surface area contributed by atoms with Crippen LogP contribution in [0.4, 0.5) is 0 Å². The summed E-state index contributed by atoms with van der Waals surface area (Å²) >= 11 is 0. The Balaban J connectivity index is 2.31. The van der Waals surface area contributed by atoms with E-state index in [0.717, 1.165) is 0 Å². The fraction of sp³-hybridized carbons (Fsp3) is 0.333. The molecule has 0 aromatic heterocycles. The van der Waals surface area contributed by atoms with Crippen LogP contribution in [0.5, 0.6) is 0 Å². The van der Waals surface area contributed by atoms with Crippen LogP contribution in [0.25, 0.3) is 0 Å². The molecule has 0 amide bonds. The molecule has 0 aromatic carbocycles. The highest BCUT2D eigenvalue weighted by Crippen LogP contribution is 2.23. The van der Waals surface area contributed by atoms with Gasteiger partial charge in [-0.1, -0.05) is 0 Å². The van der Waals surface area contributed by atoms with E-state index in [1.54, 1.807) is 25.3 Å². The molecule has 2 aliphatic rings. The maximum atomic E-state index is 11.6. The third-order valence-corrected chi connectivity index (χ3v) is 2.56. The monoisotopic (exact) mass is 250 g/mol. The minimum absolute atomic E-state index is 0.0996. The Morgan fingerprint density at radius 1 is 1.61 bits per heavy atom. The number of aliphatic imine (C=N–C) groups is 1. The SMILES string of the molecule is CCOC(=O)C1=CN=C2C(OC)=CC=CN2[C@H]1O. The second-order valence-electron chi connectivity index (χ2n) is 3.62. The Labute approximate surface area is 105 Å². The number of aliphatic hydroxyl groups excluding tert-OH is 1. The normalized spacial score (nSPS) is 21.6. The molecule has 0 saturated carbocycles. The Kier molecular flexibility index (Phi) is 3.47. The highest BCUT2D eigenvalue weighted by molar-refractivity contribution is 6.02. The lowest BCUT2D eigenvalue weighted by Crippen LogP contribution is -2.43. The topological polar surface area (TPSA) is 71.4 Å². The quantitative estimate of drug-likeness (QED) is 0.739. The number of hydrogen-bond acceptors (Lipinski definition) is 6. The van der Waals surface area contributed by atoms with Gasteiger partial charge in [0.15, 0.2) is 17.8 Å². The second-order valence-corrected chi connectivity index (χ2v) is 3.62. The van der Waals surface area contributed by atoms with Crippen molar-refractivity contribution >= 4 is 11.8 Å². The van der Waals surface area contributed by atoms with Crippen LogP contribution < -0.4 is 0 Å². The molecule has 0 unspecified atom stereocenters. The van der Waals surface area contributed by atoms with Crippen molar-refractivity contribution in [2.75, 3.05) is 13.7 Å². The molecule has 1 atom stereocenters. The second kappa shape index (κ2) is 5.05. The van der Waals surface area contributed by atoms with Crippen LogP contribution in [0.2, 0.25) is 0 Å². The van der Waals surface area contributed by atoms with Gasteiger partial charge in [-0.05, 0) is 19.1 Å². The Morgan fingerprint density at radius 3 is 3.06 bits per heavy atom. The fourth-order valence-corrected chi connectivity index (χ4v) is 1.70. The number of ether oxygens (including phenoxy) is 2. The largest absolute Gasteiger partial charge is 0.493 e. The predicted molar refractivity (Wildman–Crippen MR) is 64.2 cm³/mol. The van der Waals surface area contributed by atoms with Gasteiger partial charge in [-0.15, -0.1) is 0 Å². The standard InChI is InChI=1S/C12H14N2O4/c1-3-18-12(16)8-7-13-10-9(17-2)5-4-6-14(10)11(8)15/h4-7,11,15H,3H2,1-2H3/t11-/m0/s1. The number of carbonyl (C=O) groups excluding carboxylic acids is 1. The predicted octanol–water partition coefficient (Wildman–Crippen LogP) is 0.524. The number of allylic oxidation sites excluding steroid dienone is 2. The van der Waals surface area contributed by atoms with Crippen LogP contribution in [-0.4, -0.2) is 41.8 Å². The molecule has 1 N–H and O–H groups in total. The van der Waals surface area contributed by atoms with Crippen LogP contribution in [-0.2, 0) is 14.3 Å². The van der Waals surface area contributed by atoms with E-state index in [-0.39, 0.29) is 12.2 Å². The lowest BCUT2D eigenvalue weighted by atomic mass is 10.1. The maximum Gasteiger partial charge on any atom is 0.340 e. The summed E-state index contributed by atoms with van der Waals surface area (Å²) in [5, 5.41) is 10.1. The average Bonchev–Trinajstić information content (AvgIpc) is 2.39. The molecule has 0 saturated heterocycles. The summed E-state index contributed by atoms with van der Waals surface area (Å²) < 4.78 is 9.98. The van der Waals surface area contributed by atoms with Crippen molar-refractivity contribution in [1.29, 1.82) is 0 Å². The first-order valence-corrected chi connectivity index (χ1v) is 5.53. The third kappa shape index (κ3) is 2.02. The van der Waals surface area contributed by atoms with Crippen molar-refractivity contribution in [3.8, 4) is 0 Å². The van der Waals surface area contributed by atoms with Crippen molar-refractivity contribution in [3.05, 3.63) is 35.9 Å². The van der Waals surface area contributed by atoms with E-state index in [1.165, 1.54) is 18.2 Å². The fourth-order valence-electron chi connectivity index (χ4n) is 1.70. The van der Waals surface area contributed by atoms with E-state index in [2.05, 4.69) is 4.99 Å². The molecule has 18 heavy (non-hydrogen) atoms.